The zero-order valence-electron chi connectivity index (χ0n) is 11.5. The highest BCUT2D eigenvalue weighted by atomic mass is 35.5. The van der Waals surface area contributed by atoms with Crippen molar-refractivity contribution in [2.45, 2.75) is 6.42 Å². The van der Waals surface area contributed by atoms with E-state index in [9.17, 15) is 9.59 Å². The molecule has 0 fully saturated rings. The molecule has 0 radical (unpaired) electrons. The van der Waals surface area contributed by atoms with E-state index in [-0.39, 0.29) is 24.1 Å². The summed E-state index contributed by atoms with van der Waals surface area (Å²) in [6.45, 7) is 0. The van der Waals surface area contributed by atoms with Crippen LogP contribution < -0.4 is 10.2 Å². The van der Waals surface area contributed by atoms with Crippen LogP contribution in [0.5, 0.6) is 0 Å². The standard InChI is InChI=1S/C16H12Cl2N2O2/c17-8-7-15(21)20-13-6-5-10(18)9-11(13)16(22)19-12-3-1-2-4-14(12)20/h1-6,9H,7-8H2,(H,19,22). The van der Waals surface area contributed by atoms with Gasteiger partial charge < -0.3 is 5.32 Å². The number of carbonyl (C=O) groups is 2. The van der Waals surface area contributed by atoms with Crippen molar-refractivity contribution in [2.24, 2.45) is 0 Å². The highest BCUT2D eigenvalue weighted by Gasteiger charge is 2.28. The lowest BCUT2D eigenvalue weighted by Gasteiger charge is -2.23. The average molecular weight is 335 g/mol. The van der Waals surface area contributed by atoms with Crippen LogP contribution >= 0.6 is 23.2 Å². The number of anilines is 3. The number of halogens is 2. The van der Waals surface area contributed by atoms with E-state index in [1.54, 1.807) is 36.4 Å². The van der Waals surface area contributed by atoms with Crippen molar-refractivity contribution in [3.8, 4) is 0 Å². The second kappa shape index (κ2) is 5.99. The Hall–Kier alpha value is -2.04. The topological polar surface area (TPSA) is 49.4 Å². The van der Waals surface area contributed by atoms with E-state index in [4.69, 9.17) is 23.2 Å². The van der Waals surface area contributed by atoms with Crippen LogP contribution in [-0.2, 0) is 4.79 Å². The molecule has 4 nitrogen and oxygen atoms in total. The van der Waals surface area contributed by atoms with Crippen molar-refractivity contribution in [2.75, 3.05) is 16.1 Å². The molecule has 0 saturated heterocycles. The molecule has 6 heteroatoms. The summed E-state index contributed by atoms with van der Waals surface area (Å²) in [5, 5.41) is 3.24. The molecular weight excluding hydrogens is 323 g/mol. The lowest BCUT2D eigenvalue weighted by molar-refractivity contribution is -0.117. The monoisotopic (exact) mass is 334 g/mol. The van der Waals surface area contributed by atoms with Crippen LogP contribution in [-0.4, -0.2) is 17.7 Å². The SMILES string of the molecule is O=C1Nc2ccccc2N(C(=O)CCCl)c2ccc(Cl)cc21. The van der Waals surface area contributed by atoms with Crippen LogP contribution in [0.4, 0.5) is 17.1 Å². The van der Waals surface area contributed by atoms with E-state index < -0.39 is 0 Å². The molecule has 0 unspecified atom stereocenters. The molecule has 112 valence electrons. The first-order chi connectivity index (χ1) is 10.6. The Morgan fingerprint density at radius 3 is 2.68 bits per heavy atom. The van der Waals surface area contributed by atoms with Crippen molar-refractivity contribution in [3.63, 3.8) is 0 Å². The number of nitrogens with one attached hydrogen (secondary N) is 1. The molecule has 0 spiro atoms. The first-order valence-corrected chi connectivity index (χ1v) is 7.62. The van der Waals surface area contributed by atoms with E-state index in [0.717, 1.165) is 0 Å². The van der Waals surface area contributed by atoms with Gasteiger partial charge in [0.25, 0.3) is 5.91 Å². The predicted octanol–water partition coefficient (Wildman–Crippen LogP) is 4.20. The van der Waals surface area contributed by atoms with Crippen LogP contribution in [0.3, 0.4) is 0 Å². The fourth-order valence-corrected chi connectivity index (χ4v) is 2.77. The Labute approximate surface area is 137 Å². The number of alkyl halides is 1. The number of hydrogen-bond acceptors (Lipinski definition) is 2. The van der Waals surface area contributed by atoms with E-state index >= 15 is 0 Å². The summed E-state index contributed by atoms with van der Waals surface area (Å²) in [7, 11) is 0. The summed E-state index contributed by atoms with van der Waals surface area (Å²) in [6.07, 6.45) is 0.173. The van der Waals surface area contributed by atoms with Gasteiger partial charge in [-0.15, -0.1) is 11.6 Å². The predicted molar refractivity (Wildman–Crippen MR) is 88.3 cm³/mol. The minimum absolute atomic E-state index is 0.173. The van der Waals surface area contributed by atoms with Crippen molar-refractivity contribution in [3.05, 3.63) is 53.1 Å². The molecular formula is C16H12Cl2N2O2. The highest BCUT2D eigenvalue weighted by molar-refractivity contribution is 6.31. The van der Waals surface area contributed by atoms with Gasteiger partial charge in [0.05, 0.1) is 22.6 Å². The number of amides is 2. The van der Waals surface area contributed by atoms with Gasteiger partial charge >= 0.3 is 0 Å². The number of hydrogen-bond donors (Lipinski definition) is 1. The maximum atomic E-state index is 12.5. The van der Waals surface area contributed by atoms with Crippen molar-refractivity contribution in [1.82, 2.24) is 0 Å². The van der Waals surface area contributed by atoms with Crippen LogP contribution in [0.15, 0.2) is 42.5 Å². The Bertz CT molecular complexity index is 762. The molecule has 1 heterocycles. The molecule has 0 aromatic heterocycles. The third-order valence-electron chi connectivity index (χ3n) is 3.40. The Morgan fingerprint density at radius 1 is 1.14 bits per heavy atom. The molecule has 0 aliphatic carbocycles. The first kappa shape index (κ1) is 14.9. The van der Waals surface area contributed by atoms with Gasteiger partial charge in [0, 0.05) is 17.3 Å². The van der Waals surface area contributed by atoms with E-state index in [1.807, 2.05) is 6.07 Å². The summed E-state index contributed by atoms with van der Waals surface area (Å²) in [4.78, 5) is 26.5. The van der Waals surface area contributed by atoms with Gasteiger partial charge in [-0.3, -0.25) is 14.5 Å². The van der Waals surface area contributed by atoms with Crippen LogP contribution in [0.1, 0.15) is 16.8 Å². The van der Waals surface area contributed by atoms with Gasteiger partial charge in [0.2, 0.25) is 5.91 Å². The fourth-order valence-electron chi connectivity index (χ4n) is 2.44. The normalized spacial score (nSPS) is 13.0. The van der Waals surface area contributed by atoms with Crippen molar-refractivity contribution < 1.29 is 9.59 Å². The zero-order valence-corrected chi connectivity index (χ0v) is 13.0. The Kier molecular flexibility index (Phi) is 4.05. The Balaban J connectivity index is 2.24. The molecule has 0 atom stereocenters. The average Bonchev–Trinajstić information content (AvgIpc) is 2.62. The molecule has 2 aromatic rings. The molecule has 2 aromatic carbocycles. The number of fused-ring (bicyclic) bond motifs is 2. The Morgan fingerprint density at radius 2 is 1.91 bits per heavy atom. The second-order valence-corrected chi connectivity index (χ2v) is 5.62. The summed E-state index contributed by atoms with van der Waals surface area (Å²) in [5.41, 5.74) is 2.04. The number of benzene rings is 2. The maximum Gasteiger partial charge on any atom is 0.257 e. The van der Waals surface area contributed by atoms with Crippen molar-refractivity contribution in [1.29, 1.82) is 0 Å². The third-order valence-corrected chi connectivity index (χ3v) is 3.82. The number of carbonyl (C=O) groups excluding carboxylic acids is 2. The number of para-hydroxylation sites is 2. The van der Waals surface area contributed by atoms with Gasteiger partial charge in [-0.05, 0) is 30.3 Å². The van der Waals surface area contributed by atoms with E-state index in [2.05, 4.69) is 5.32 Å². The van der Waals surface area contributed by atoms with Gasteiger partial charge in [0.15, 0.2) is 0 Å². The van der Waals surface area contributed by atoms with E-state index in [1.165, 1.54) is 4.90 Å². The minimum atomic E-state index is -0.300. The van der Waals surface area contributed by atoms with Gasteiger partial charge in [0.1, 0.15) is 0 Å². The lowest BCUT2D eigenvalue weighted by Crippen LogP contribution is -2.26. The van der Waals surface area contributed by atoms with Gasteiger partial charge in [-0.25, -0.2) is 0 Å². The highest BCUT2D eigenvalue weighted by Crippen LogP contribution is 2.39. The summed E-state index contributed by atoms with van der Waals surface area (Å²) in [5.74, 6) is -0.268. The summed E-state index contributed by atoms with van der Waals surface area (Å²) < 4.78 is 0. The number of rotatable bonds is 2. The van der Waals surface area contributed by atoms with E-state index in [0.29, 0.717) is 27.6 Å². The summed E-state index contributed by atoms with van der Waals surface area (Å²) in [6, 6.07) is 12.0. The molecule has 22 heavy (non-hydrogen) atoms. The second-order valence-electron chi connectivity index (χ2n) is 4.80. The molecule has 1 aliphatic rings. The molecule has 1 N–H and O–H groups in total. The molecule has 3 rings (SSSR count). The number of nitrogens with zero attached hydrogens (tertiary/aromatic N) is 1. The van der Waals surface area contributed by atoms with Gasteiger partial charge in [-0.1, -0.05) is 23.7 Å². The van der Waals surface area contributed by atoms with Crippen LogP contribution in [0.25, 0.3) is 0 Å². The molecule has 1 aliphatic heterocycles. The fraction of sp³-hybridized carbons (Fsp3) is 0.125. The molecule has 0 saturated carbocycles. The minimum Gasteiger partial charge on any atom is -0.320 e. The van der Waals surface area contributed by atoms with Crippen molar-refractivity contribution >= 4 is 52.1 Å². The smallest absolute Gasteiger partial charge is 0.257 e. The molecule has 0 bridgehead atoms. The quantitative estimate of drug-likeness (QED) is 0.836. The lowest BCUT2D eigenvalue weighted by atomic mass is 10.1. The zero-order chi connectivity index (χ0) is 15.7. The maximum absolute atomic E-state index is 12.5. The van der Waals surface area contributed by atoms with Crippen LogP contribution in [0.2, 0.25) is 5.02 Å². The van der Waals surface area contributed by atoms with Gasteiger partial charge in [-0.2, -0.15) is 0 Å². The summed E-state index contributed by atoms with van der Waals surface area (Å²) >= 11 is 11.7. The first-order valence-electron chi connectivity index (χ1n) is 6.70. The molecule has 2 amide bonds. The third kappa shape index (κ3) is 2.56. The largest absolute Gasteiger partial charge is 0.320 e. The van der Waals surface area contributed by atoms with Crippen LogP contribution in [0, 0.1) is 0 Å².